The highest BCUT2D eigenvalue weighted by Gasteiger charge is 2.12. The van der Waals surface area contributed by atoms with Crippen LogP contribution in [0.1, 0.15) is 61.0 Å². The van der Waals surface area contributed by atoms with E-state index in [1.54, 1.807) is 47.4 Å². The Balaban J connectivity index is -0.000000974. The predicted molar refractivity (Wildman–Crippen MR) is 212 cm³/mol. The summed E-state index contributed by atoms with van der Waals surface area (Å²) < 4.78 is 21.7. The van der Waals surface area contributed by atoms with Crippen molar-refractivity contribution in [2.45, 2.75) is 62.3 Å². The molecule has 4 N–H and O–H groups in total. The highest BCUT2D eigenvalue weighted by molar-refractivity contribution is 5.88. The molecular formula is C40H60N4O6. The number of primary amides is 1. The standard InChI is InChI=1S/C25H25N3O3.C4H8O.C4H6O.3C2H6.CH3NO/c1-16-5-6-19(28-18-9-7-17(26-2)8-10-18)13-23(16)31-22-11-12-27-21-15-25(30-4)24(29-3)14-20(21)22;1-4(2)5-3;1-2-3-4-5;3*1-2;2-1-3/h5-15,26,28H,1-4H3;1H2,2-3H3;2-4H,1H3;3*1-2H3;1H,(H2,2,3)/b;;3-2+;;;;. The number of hydrogen-bond donors (Lipinski definition) is 3. The Kier molecular flexibility index (Phi) is 31.3. The molecule has 0 fully saturated rings. The normalized spacial score (nSPS) is 8.74. The molecule has 0 aliphatic heterocycles. The second kappa shape index (κ2) is 32.1. The number of carbonyl (C=O) groups is 2. The molecule has 0 saturated heterocycles. The van der Waals surface area contributed by atoms with Crippen molar-refractivity contribution in [3.63, 3.8) is 0 Å². The van der Waals surface area contributed by atoms with Gasteiger partial charge in [0.2, 0.25) is 6.41 Å². The molecule has 4 rings (SSSR count). The number of nitrogens with one attached hydrogen (secondary N) is 2. The highest BCUT2D eigenvalue weighted by Crippen LogP contribution is 2.38. The minimum atomic E-state index is 0.250. The van der Waals surface area contributed by atoms with Crippen molar-refractivity contribution >= 4 is 40.7 Å². The molecule has 1 aromatic heterocycles. The Hall–Kier alpha value is -5.51. The molecule has 1 heterocycles. The monoisotopic (exact) mass is 692 g/mol. The number of aldehydes is 1. The third kappa shape index (κ3) is 19.3. The highest BCUT2D eigenvalue weighted by atomic mass is 16.5. The van der Waals surface area contributed by atoms with E-state index in [2.05, 4.69) is 32.7 Å². The van der Waals surface area contributed by atoms with Crippen LogP contribution < -0.4 is 30.6 Å². The fourth-order valence-corrected chi connectivity index (χ4v) is 3.41. The zero-order chi connectivity index (χ0) is 38.9. The van der Waals surface area contributed by atoms with Crippen LogP contribution in [0.3, 0.4) is 0 Å². The number of nitrogens with zero attached hydrogens (tertiary/aromatic N) is 1. The fraction of sp³-hybridized carbons (Fsp3) is 0.325. The maximum absolute atomic E-state index is 9.32. The van der Waals surface area contributed by atoms with Gasteiger partial charge in [-0.15, -0.1) is 0 Å². The van der Waals surface area contributed by atoms with E-state index in [4.69, 9.17) is 19.0 Å². The van der Waals surface area contributed by atoms with Crippen molar-refractivity contribution in [2.24, 2.45) is 5.73 Å². The summed E-state index contributed by atoms with van der Waals surface area (Å²) in [6.45, 7) is 21.1. The summed E-state index contributed by atoms with van der Waals surface area (Å²) in [6, 6.07) is 19.8. The molecule has 10 heteroatoms. The topological polar surface area (TPSA) is 134 Å². The Morgan fingerprint density at radius 3 is 1.72 bits per heavy atom. The molecule has 50 heavy (non-hydrogen) atoms. The number of amides is 1. The van der Waals surface area contributed by atoms with E-state index in [-0.39, 0.29) is 6.41 Å². The quantitative estimate of drug-likeness (QED) is 0.0890. The maximum Gasteiger partial charge on any atom is 0.204 e. The molecule has 0 saturated carbocycles. The number of fused-ring (bicyclic) bond motifs is 1. The molecule has 10 nitrogen and oxygen atoms in total. The molecule has 3 aromatic carbocycles. The first kappa shape index (κ1) is 48.9. The van der Waals surface area contributed by atoms with Crippen LogP contribution in [-0.2, 0) is 14.3 Å². The van der Waals surface area contributed by atoms with Crippen LogP contribution in [0.2, 0.25) is 0 Å². The zero-order valence-electron chi connectivity index (χ0n) is 32.3. The smallest absolute Gasteiger partial charge is 0.204 e. The van der Waals surface area contributed by atoms with Crippen molar-refractivity contribution < 1.29 is 28.5 Å². The third-order valence-corrected chi connectivity index (χ3v) is 5.70. The second-order valence-electron chi connectivity index (χ2n) is 8.77. The van der Waals surface area contributed by atoms with Gasteiger partial charge in [0.15, 0.2) is 11.5 Å². The van der Waals surface area contributed by atoms with Gasteiger partial charge in [-0.25, -0.2) is 0 Å². The molecule has 4 aromatic rings. The molecule has 276 valence electrons. The van der Waals surface area contributed by atoms with Gasteiger partial charge in [-0.1, -0.05) is 60.3 Å². The molecule has 0 aliphatic rings. The number of nitrogens with two attached hydrogens (primary N) is 1. The number of carbonyl (C=O) groups excluding carboxylic acids is 2. The number of aromatic nitrogens is 1. The number of rotatable bonds is 9. The van der Waals surface area contributed by atoms with Crippen molar-refractivity contribution in [1.29, 1.82) is 0 Å². The number of aryl methyl sites for hydroxylation is 1. The second-order valence-corrected chi connectivity index (χ2v) is 8.77. The van der Waals surface area contributed by atoms with Crippen molar-refractivity contribution in [2.75, 3.05) is 39.0 Å². The Labute approximate surface area is 300 Å². The summed E-state index contributed by atoms with van der Waals surface area (Å²) in [5.41, 5.74) is 8.97. The molecule has 1 amide bonds. The molecule has 0 unspecified atom stereocenters. The van der Waals surface area contributed by atoms with Crippen LogP contribution in [0, 0.1) is 6.92 Å². The van der Waals surface area contributed by atoms with Crippen LogP contribution >= 0.6 is 0 Å². The van der Waals surface area contributed by atoms with Gasteiger partial charge in [0.25, 0.3) is 0 Å². The first-order valence-electron chi connectivity index (χ1n) is 16.5. The Morgan fingerprint density at radius 1 is 0.780 bits per heavy atom. The average molecular weight is 693 g/mol. The Morgan fingerprint density at radius 2 is 1.28 bits per heavy atom. The predicted octanol–water partition coefficient (Wildman–Crippen LogP) is 10.2. The van der Waals surface area contributed by atoms with Crippen molar-refractivity contribution in [3.8, 4) is 23.0 Å². The lowest BCUT2D eigenvalue weighted by molar-refractivity contribution is -0.107. The lowest BCUT2D eigenvalue weighted by Crippen LogP contribution is -1.95. The first-order valence-corrected chi connectivity index (χ1v) is 16.5. The number of methoxy groups -OCH3 is 3. The number of pyridine rings is 1. The average Bonchev–Trinajstić information content (AvgIpc) is 3.16. The Bertz CT molecular complexity index is 1510. The first-order chi connectivity index (χ1) is 24.2. The minimum Gasteiger partial charge on any atom is -0.502 e. The van der Waals surface area contributed by atoms with Crippen LogP contribution in [-0.4, -0.2) is 46.1 Å². The lowest BCUT2D eigenvalue weighted by Gasteiger charge is -2.15. The van der Waals surface area contributed by atoms with Crippen LogP contribution in [0.15, 0.2) is 91.4 Å². The van der Waals surface area contributed by atoms with Crippen LogP contribution in [0.4, 0.5) is 17.1 Å². The van der Waals surface area contributed by atoms with Crippen LogP contribution in [0.5, 0.6) is 23.0 Å². The van der Waals surface area contributed by atoms with E-state index in [1.807, 2.05) is 116 Å². The molecule has 0 radical (unpaired) electrons. The lowest BCUT2D eigenvalue weighted by atomic mass is 10.1. The molecule has 0 aliphatic carbocycles. The van der Waals surface area contributed by atoms with E-state index in [0.29, 0.717) is 17.2 Å². The van der Waals surface area contributed by atoms with E-state index < -0.39 is 0 Å². The van der Waals surface area contributed by atoms with E-state index in [9.17, 15) is 4.79 Å². The van der Waals surface area contributed by atoms with E-state index >= 15 is 0 Å². The largest absolute Gasteiger partial charge is 0.502 e. The maximum atomic E-state index is 9.32. The summed E-state index contributed by atoms with van der Waals surface area (Å²) in [4.78, 5) is 22.3. The molecule has 0 spiro atoms. The summed E-state index contributed by atoms with van der Waals surface area (Å²) in [5.74, 6) is 3.48. The van der Waals surface area contributed by atoms with Gasteiger partial charge < -0.3 is 35.3 Å². The number of anilines is 3. The third-order valence-electron chi connectivity index (χ3n) is 5.70. The number of ether oxygens (including phenoxy) is 4. The van der Waals surface area contributed by atoms with Gasteiger partial charge in [0.1, 0.15) is 17.8 Å². The molecular weight excluding hydrogens is 632 g/mol. The van der Waals surface area contributed by atoms with Gasteiger partial charge in [0.05, 0.1) is 32.6 Å². The van der Waals surface area contributed by atoms with Gasteiger partial charge in [-0.3, -0.25) is 14.6 Å². The number of benzene rings is 3. The summed E-state index contributed by atoms with van der Waals surface area (Å²) in [7, 11) is 6.73. The number of hydrogen-bond acceptors (Lipinski definition) is 9. The zero-order valence-corrected chi connectivity index (χ0v) is 32.3. The van der Waals surface area contributed by atoms with E-state index in [1.165, 1.54) is 6.08 Å². The SMILES string of the molecule is C/C=C/C=O.C=C(C)OC.CC.CC.CC.CNc1ccc(Nc2ccc(C)c(Oc3ccnc4cc(OC)c(OC)cc34)c2)cc1.NC=O. The van der Waals surface area contributed by atoms with Crippen molar-refractivity contribution in [3.05, 3.63) is 96.9 Å². The minimum absolute atomic E-state index is 0.250. The van der Waals surface area contributed by atoms with Crippen LogP contribution in [0.25, 0.3) is 10.9 Å². The fourth-order valence-electron chi connectivity index (χ4n) is 3.41. The number of allylic oxidation sites excluding steroid dienone is 3. The molecule has 0 bridgehead atoms. The molecule has 0 atom stereocenters. The van der Waals surface area contributed by atoms with Gasteiger partial charge in [0, 0.05) is 47.8 Å². The summed E-state index contributed by atoms with van der Waals surface area (Å²) in [5, 5.41) is 7.39. The summed E-state index contributed by atoms with van der Waals surface area (Å²) >= 11 is 0. The van der Waals surface area contributed by atoms with Gasteiger partial charge >= 0.3 is 0 Å². The van der Waals surface area contributed by atoms with Gasteiger partial charge in [-0.2, -0.15) is 0 Å². The van der Waals surface area contributed by atoms with Crippen molar-refractivity contribution in [1.82, 2.24) is 4.98 Å². The summed E-state index contributed by atoms with van der Waals surface area (Å²) in [6.07, 6.45) is 5.86. The van der Waals surface area contributed by atoms with E-state index in [0.717, 1.165) is 51.3 Å². The van der Waals surface area contributed by atoms with Gasteiger partial charge in [-0.05, 0) is 74.9 Å².